The summed E-state index contributed by atoms with van der Waals surface area (Å²) in [5.74, 6) is 0.894. The van der Waals surface area contributed by atoms with Crippen molar-refractivity contribution in [3.8, 4) is 0 Å². The SMILES string of the molecule is CCOC(=O)N1CCN(C(=O)c2ccc3nc(CC)[nH]c3c2)CC1. The normalized spacial score (nSPS) is 14.9. The molecule has 0 unspecified atom stereocenters. The van der Waals surface area contributed by atoms with Crippen molar-refractivity contribution in [1.82, 2.24) is 19.8 Å². The van der Waals surface area contributed by atoms with Crippen molar-refractivity contribution in [2.45, 2.75) is 20.3 Å². The molecule has 0 atom stereocenters. The standard InChI is InChI=1S/C17H22N4O3/c1-3-15-18-13-6-5-12(11-14(13)19-15)16(22)20-7-9-21(10-8-20)17(23)24-4-2/h5-6,11H,3-4,7-10H2,1-2H3,(H,18,19). The van der Waals surface area contributed by atoms with Crippen LogP contribution in [0.2, 0.25) is 0 Å². The van der Waals surface area contributed by atoms with E-state index in [0.717, 1.165) is 23.3 Å². The molecule has 7 heteroatoms. The lowest BCUT2D eigenvalue weighted by Gasteiger charge is -2.34. The van der Waals surface area contributed by atoms with Crippen molar-refractivity contribution < 1.29 is 14.3 Å². The van der Waals surface area contributed by atoms with Crippen LogP contribution in [0.1, 0.15) is 30.0 Å². The van der Waals surface area contributed by atoms with Gasteiger partial charge in [-0.2, -0.15) is 0 Å². The van der Waals surface area contributed by atoms with E-state index in [4.69, 9.17) is 4.74 Å². The number of aryl methyl sites for hydroxylation is 1. The van der Waals surface area contributed by atoms with Gasteiger partial charge in [-0.15, -0.1) is 0 Å². The van der Waals surface area contributed by atoms with Gasteiger partial charge >= 0.3 is 6.09 Å². The number of aromatic amines is 1. The van der Waals surface area contributed by atoms with Crippen LogP contribution in [0.5, 0.6) is 0 Å². The number of carbonyl (C=O) groups is 2. The van der Waals surface area contributed by atoms with Crippen molar-refractivity contribution in [1.29, 1.82) is 0 Å². The van der Waals surface area contributed by atoms with E-state index < -0.39 is 0 Å². The molecule has 0 radical (unpaired) electrons. The van der Waals surface area contributed by atoms with Crippen molar-refractivity contribution in [2.24, 2.45) is 0 Å². The van der Waals surface area contributed by atoms with Crippen LogP contribution >= 0.6 is 0 Å². The van der Waals surface area contributed by atoms with Gasteiger partial charge in [0.15, 0.2) is 0 Å². The molecule has 0 spiro atoms. The minimum atomic E-state index is -0.310. The van der Waals surface area contributed by atoms with E-state index in [1.165, 1.54) is 0 Å². The highest BCUT2D eigenvalue weighted by molar-refractivity contribution is 5.97. The Kier molecular flexibility index (Phi) is 4.69. The number of H-pyrrole nitrogens is 1. The third-order valence-corrected chi connectivity index (χ3v) is 4.21. The quantitative estimate of drug-likeness (QED) is 0.934. The number of hydrogen-bond acceptors (Lipinski definition) is 4. The maximum Gasteiger partial charge on any atom is 0.409 e. The highest BCUT2D eigenvalue weighted by Crippen LogP contribution is 2.16. The number of benzene rings is 1. The molecule has 0 saturated carbocycles. The third kappa shape index (κ3) is 3.20. The summed E-state index contributed by atoms with van der Waals surface area (Å²) < 4.78 is 5.00. The number of imidazole rings is 1. The number of nitrogens with one attached hydrogen (secondary N) is 1. The minimum Gasteiger partial charge on any atom is -0.450 e. The Hall–Kier alpha value is -2.57. The van der Waals surface area contributed by atoms with Gasteiger partial charge in [-0.3, -0.25) is 4.79 Å². The summed E-state index contributed by atoms with van der Waals surface area (Å²) in [6.07, 6.45) is 0.518. The first-order chi connectivity index (χ1) is 11.6. The molecule has 7 nitrogen and oxygen atoms in total. The highest BCUT2D eigenvalue weighted by atomic mass is 16.6. The maximum absolute atomic E-state index is 12.7. The highest BCUT2D eigenvalue weighted by Gasteiger charge is 2.25. The number of hydrogen-bond donors (Lipinski definition) is 1. The van der Waals surface area contributed by atoms with Crippen molar-refractivity contribution >= 4 is 23.0 Å². The third-order valence-electron chi connectivity index (χ3n) is 4.21. The molecule has 1 aliphatic heterocycles. The summed E-state index contributed by atoms with van der Waals surface area (Å²) in [4.78, 5) is 35.5. The predicted molar refractivity (Wildman–Crippen MR) is 90.0 cm³/mol. The zero-order valence-corrected chi connectivity index (χ0v) is 14.0. The molecular weight excluding hydrogens is 308 g/mol. The molecule has 1 fully saturated rings. The Morgan fingerprint density at radius 1 is 1.17 bits per heavy atom. The van der Waals surface area contributed by atoms with E-state index in [-0.39, 0.29) is 12.0 Å². The molecular formula is C17H22N4O3. The van der Waals surface area contributed by atoms with Gasteiger partial charge in [-0.05, 0) is 25.1 Å². The second-order valence-corrected chi connectivity index (χ2v) is 5.75. The summed E-state index contributed by atoms with van der Waals surface area (Å²) in [7, 11) is 0. The lowest BCUT2D eigenvalue weighted by molar-refractivity contribution is 0.0570. The summed E-state index contributed by atoms with van der Waals surface area (Å²) in [5, 5.41) is 0. The van der Waals surface area contributed by atoms with E-state index in [1.54, 1.807) is 16.7 Å². The molecule has 2 heterocycles. The topological polar surface area (TPSA) is 78.5 Å². The molecule has 1 aromatic carbocycles. The zero-order chi connectivity index (χ0) is 17.1. The van der Waals surface area contributed by atoms with Crippen LogP contribution < -0.4 is 0 Å². The Labute approximate surface area is 140 Å². The second kappa shape index (κ2) is 6.90. The summed E-state index contributed by atoms with van der Waals surface area (Å²) in [5.41, 5.74) is 2.39. The minimum absolute atomic E-state index is 0.0203. The van der Waals surface area contributed by atoms with E-state index in [0.29, 0.717) is 38.3 Å². The number of fused-ring (bicyclic) bond motifs is 1. The fourth-order valence-electron chi connectivity index (χ4n) is 2.85. The van der Waals surface area contributed by atoms with Gasteiger partial charge in [-0.25, -0.2) is 9.78 Å². The lowest BCUT2D eigenvalue weighted by Crippen LogP contribution is -2.50. The van der Waals surface area contributed by atoms with Crippen molar-refractivity contribution in [3.05, 3.63) is 29.6 Å². The Morgan fingerprint density at radius 3 is 2.54 bits per heavy atom. The molecule has 24 heavy (non-hydrogen) atoms. The first-order valence-electron chi connectivity index (χ1n) is 8.32. The predicted octanol–water partition coefficient (Wildman–Crippen LogP) is 2.04. The van der Waals surface area contributed by atoms with E-state index in [1.807, 2.05) is 25.1 Å². The van der Waals surface area contributed by atoms with Crippen LogP contribution in [0.3, 0.4) is 0 Å². The van der Waals surface area contributed by atoms with E-state index in [2.05, 4.69) is 9.97 Å². The van der Waals surface area contributed by atoms with Crippen LogP contribution in [0.25, 0.3) is 11.0 Å². The lowest BCUT2D eigenvalue weighted by atomic mass is 10.1. The number of ether oxygens (including phenoxy) is 1. The Bertz CT molecular complexity index is 747. The van der Waals surface area contributed by atoms with Gasteiger partial charge in [0.1, 0.15) is 5.82 Å². The van der Waals surface area contributed by atoms with E-state index >= 15 is 0 Å². The van der Waals surface area contributed by atoms with Crippen LogP contribution in [0, 0.1) is 0 Å². The largest absolute Gasteiger partial charge is 0.450 e. The fraction of sp³-hybridized carbons (Fsp3) is 0.471. The average molecular weight is 330 g/mol. The first kappa shape index (κ1) is 16.3. The molecule has 128 valence electrons. The Morgan fingerprint density at radius 2 is 1.88 bits per heavy atom. The van der Waals surface area contributed by atoms with Gasteiger partial charge in [0.25, 0.3) is 5.91 Å². The van der Waals surface area contributed by atoms with Crippen molar-refractivity contribution in [3.63, 3.8) is 0 Å². The van der Waals surface area contributed by atoms with E-state index in [9.17, 15) is 9.59 Å². The average Bonchev–Trinajstić information content (AvgIpc) is 3.03. The van der Waals surface area contributed by atoms with Gasteiger partial charge in [-0.1, -0.05) is 6.92 Å². The molecule has 0 bridgehead atoms. The molecule has 1 N–H and O–H groups in total. The van der Waals surface area contributed by atoms with Gasteiger partial charge < -0.3 is 19.5 Å². The van der Waals surface area contributed by atoms with Crippen LogP contribution in [-0.2, 0) is 11.2 Å². The number of aromatic nitrogens is 2. The molecule has 3 rings (SSSR count). The summed E-state index contributed by atoms with van der Waals surface area (Å²) in [6, 6.07) is 5.53. The molecule has 2 aromatic rings. The monoisotopic (exact) mass is 330 g/mol. The summed E-state index contributed by atoms with van der Waals surface area (Å²) >= 11 is 0. The molecule has 1 aliphatic rings. The first-order valence-corrected chi connectivity index (χ1v) is 8.32. The Balaban J connectivity index is 1.68. The van der Waals surface area contributed by atoms with Crippen LogP contribution in [-0.4, -0.2) is 64.6 Å². The number of carbonyl (C=O) groups excluding carboxylic acids is 2. The zero-order valence-electron chi connectivity index (χ0n) is 14.0. The van der Waals surface area contributed by atoms with Gasteiger partial charge in [0, 0.05) is 38.2 Å². The van der Waals surface area contributed by atoms with Crippen LogP contribution in [0.15, 0.2) is 18.2 Å². The number of nitrogens with zero attached hydrogens (tertiary/aromatic N) is 3. The number of rotatable bonds is 3. The smallest absolute Gasteiger partial charge is 0.409 e. The van der Waals surface area contributed by atoms with Gasteiger partial charge in [0.05, 0.1) is 17.6 Å². The fourth-order valence-corrected chi connectivity index (χ4v) is 2.85. The van der Waals surface area contributed by atoms with Crippen LogP contribution in [0.4, 0.5) is 4.79 Å². The molecule has 2 amide bonds. The number of piperazine rings is 1. The molecule has 0 aliphatic carbocycles. The van der Waals surface area contributed by atoms with Crippen molar-refractivity contribution in [2.75, 3.05) is 32.8 Å². The maximum atomic E-state index is 12.7. The number of amides is 2. The summed E-state index contributed by atoms with van der Waals surface area (Å²) in [6.45, 7) is 6.20. The second-order valence-electron chi connectivity index (χ2n) is 5.75. The molecule has 1 aromatic heterocycles. The van der Waals surface area contributed by atoms with Gasteiger partial charge in [0.2, 0.25) is 0 Å². The molecule has 1 saturated heterocycles.